The summed E-state index contributed by atoms with van der Waals surface area (Å²) in [5, 5.41) is 7.25. The molecule has 0 aromatic carbocycles. The van der Waals surface area contributed by atoms with Gasteiger partial charge in [-0.05, 0) is 6.42 Å². The van der Waals surface area contributed by atoms with Crippen LogP contribution in [0.5, 0.6) is 5.88 Å². The van der Waals surface area contributed by atoms with Gasteiger partial charge in [0.1, 0.15) is 12.0 Å². The molecule has 0 aliphatic carbocycles. The van der Waals surface area contributed by atoms with Crippen molar-refractivity contribution in [1.82, 2.24) is 19.7 Å². The Morgan fingerprint density at radius 1 is 1.42 bits per heavy atom. The van der Waals surface area contributed by atoms with Gasteiger partial charge in [-0.3, -0.25) is 4.68 Å². The SMILES string of the molecule is CCCOc1ncnc(NCc2cnn(C)c2)c1N. The molecule has 0 radical (unpaired) electrons. The number of nitrogen functional groups attached to an aromatic ring is 1. The molecule has 7 heteroatoms. The molecule has 2 aromatic rings. The second-order valence-corrected chi connectivity index (χ2v) is 4.17. The van der Waals surface area contributed by atoms with E-state index in [4.69, 9.17) is 10.5 Å². The molecule has 19 heavy (non-hydrogen) atoms. The summed E-state index contributed by atoms with van der Waals surface area (Å²) in [6.45, 7) is 3.21. The molecule has 0 fully saturated rings. The average Bonchev–Trinajstić information content (AvgIpc) is 2.82. The van der Waals surface area contributed by atoms with Gasteiger partial charge in [0.05, 0.1) is 12.8 Å². The van der Waals surface area contributed by atoms with Crippen LogP contribution in [-0.2, 0) is 13.6 Å². The number of nitrogens with zero attached hydrogens (tertiary/aromatic N) is 4. The van der Waals surface area contributed by atoms with Crippen LogP contribution in [0.3, 0.4) is 0 Å². The highest BCUT2D eigenvalue weighted by Crippen LogP contribution is 2.24. The largest absolute Gasteiger partial charge is 0.476 e. The van der Waals surface area contributed by atoms with Crippen LogP contribution in [0.4, 0.5) is 11.5 Å². The van der Waals surface area contributed by atoms with Gasteiger partial charge in [0.25, 0.3) is 0 Å². The van der Waals surface area contributed by atoms with Gasteiger partial charge in [0, 0.05) is 25.4 Å². The summed E-state index contributed by atoms with van der Waals surface area (Å²) in [6.07, 6.45) is 6.06. The van der Waals surface area contributed by atoms with Gasteiger partial charge in [0.2, 0.25) is 5.88 Å². The first-order valence-corrected chi connectivity index (χ1v) is 6.15. The van der Waals surface area contributed by atoms with Crippen molar-refractivity contribution in [3.8, 4) is 5.88 Å². The predicted molar refractivity (Wildman–Crippen MR) is 72.8 cm³/mol. The number of rotatable bonds is 6. The zero-order valence-electron chi connectivity index (χ0n) is 11.1. The summed E-state index contributed by atoms with van der Waals surface area (Å²) in [7, 11) is 1.87. The lowest BCUT2D eigenvalue weighted by atomic mass is 10.3. The number of aromatic nitrogens is 4. The Kier molecular flexibility index (Phi) is 4.17. The smallest absolute Gasteiger partial charge is 0.242 e. The molecule has 3 N–H and O–H groups in total. The van der Waals surface area contributed by atoms with E-state index in [1.807, 2.05) is 20.2 Å². The Balaban J connectivity index is 2.03. The Labute approximate surface area is 111 Å². The van der Waals surface area contributed by atoms with Crippen LogP contribution in [0.25, 0.3) is 0 Å². The molecule has 0 saturated heterocycles. The minimum absolute atomic E-state index is 0.422. The molecule has 0 saturated carbocycles. The number of nitrogens with one attached hydrogen (secondary N) is 1. The van der Waals surface area contributed by atoms with Crippen LogP contribution < -0.4 is 15.8 Å². The van der Waals surface area contributed by atoms with Crippen molar-refractivity contribution in [2.24, 2.45) is 7.05 Å². The van der Waals surface area contributed by atoms with Crippen LogP contribution in [-0.4, -0.2) is 26.4 Å². The molecule has 0 aliphatic rings. The van der Waals surface area contributed by atoms with E-state index < -0.39 is 0 Å². The number of ether oxygens (including phenoxy) is 1. The standard InChI is InChI=1S/C12H18N6O/c1-3-4-19-12-10(13)11(15-8-16-12)14-5-9-6-17-18(2)7-9/h6-8H,3-5,13H2,1-2H3,(H,14,15,16). The lowest BCUT2D eigenvalue weighted by molar-refractivity contribution is 0.306. The fraction of sp³-hybridized carbons (Fsp3) is 0.417. The fourth-order valence-corrected chi connectivity index (χ4v) is 1.58. The minimum Gasteiger partial charge on any atom is -0.476 e. The number of aryl methyl sites for hydroxylation is 1. The number of hydrogen-bond acceptors (Lipinski definition) is 6. The van der Waals surface area contributed by atoms with E-state index in [-0.39, 0.29) is 0 Å². The van der Waals surface area contributed by atoms with E-state index in [0.29, 0.717) is 30.5 Å². The van der Waals surface area contributed by atoms with Crippen molar-refractivity contribution in [3.63, 3.8) is 0 Å². The highest BCUT2D eigenvalue weighted by atomic mass is 16.5. The molecule has 0 atom stereocenters. The number of hydrogen-bond donors (Lipinski definition) is 2. The van der Waals surface area contributed by atoms with Crippen LogP contribution in [0.2, 0.25) is 0 Å². The van der Waals surface area contributed by atoms with Crippen LogP contribution in [0, 0.1) is 0 Å². The van der Waals surface area contributed by atoms with E-state index in [2.05, 4.69) is 20.4 Å². The highest BCUT2D eigenvalue weighted by molar-refractivity contribution is 5.66. The molecular weight excluding hydrogens is 244 g/mol. The summed E-state index contributed by atoms with van der Waals surface area (Å²) in [5.74, 6) is 0.996. The summed E-state index contributed by atoms with van der Waals surface area (Å²) >= 11 is 0. The third kappa shape index (κ3) is 3.34. The molecule has 7 nitrogen and oxygen atoms in total. The highest BCUT2D eigenvalue weighted by Gasteiger charge is 2.09. The molecule has 0 unspecified atom stereocenters. The van der Waals surface area contributed by atoms with Crippen LogP contribution in [0.15, 0.2) is 18.7 Å². The van der Waals surface area contributed by atoms with Gasteiger partial charge in [-0.2, -0.15) is 10.1 Å². The van der Waals surface area contributed by atoms with Gasteiger partial charge in [-0.1, -0.05) is 6.92 Å². The lowest BCUT2D eigenvalue weighted by Gasteiger charge is -2.10. The van der Waals surface area contributed by atoms with Crippen molar-refractivity contribution in [3.05, 3.63) is 24.3 Å². The van der Waals surface area contributed by atoms with Gasteiger partial charge in [-0.25, -0.2) is 4.98 Å². The van der Waals surface area contributed by atoms with E-state index in [1.54, 1.807) is 10.9 Å². The van der Waals surface area contributed by atoms with Crippen molar-refractivity contribution in [2.45, 2.75) is 19.9 Å². The van der Waals surface area contributed by atoms with E-state index in [9.17, 15) is 0 Å². The molecule has 0 amide bonds. The maximum atomic E-state index is 5.96. The first-order chi connectivity index (χ1) is 9.20. The number of anilines is 2. The summed E-state index contributed by atoms with van der Waals surface area (Å²) in [5.41, 5.74) is 7.44. The van der Waals surface area contributed by atoms with Gasteiger partial charge in [0.15, 0.2) is 5.82 Å². The quantitative estimate of drug-likeness (QED) is 0.812. The third-order valence-corrected chi connectivity index (χ3v) is 2.51. The Hall–Kier alpha value is -2.31. The maximum Gasteiger partial charge on any atom is 0.242 e. The zero-order chi connectivity index (χ0) is 13.7. The first-order valence-electron chi connectivity index (χ1n) is 6.15. The van der Waals surface area contributed by atoms with Crippen molar-refractivity contribution in [1.29, 1.82) is 0 Å². The average molecular weight is 262 g/mol. The maximum absolute atomic E-state index is 5.96. The summed E-state index contributed by atoms with van der Waals surface area (Å²) < 4.78 is 7.20. The molecule has 0 spiro atoms. The fourth-order valence-electron chi connectivity index (χ4n) is 1.58. The molecule has 2 aromatic heterocycles. The van der Waals surface area contributed by atoms with E-state index >= 15 is 0 Å². The number of nitrogens with two attached hydrogens (primary N) is 1. The van der Waals surface area contributed by atoms with Crippen molar-refractivity contribution >= 4 is 11.5 Å². The monoisotopic (exact) mass is 262 g/mol. The molecule has 2 rings (SSSR count). The lowest BCUT2D eigenvalue weighted by Crippen LogP contribution is -2.08. The first kappa shape index (κ1) is 13.1. The second kappa shape index (κ2) is 6.03. The Morgan fingerprint density at radius 3 is 2.95 bits per heavy atom. The molecule has 0 bridgehead atoms. The van der Waals surface area contributed by atoms with Crippen LogP contribution >= 0.6 is 0 Å². The predicted octanol–water partition coefficient (Wildman–Crippen LogP) is 1.19. The van der Waals surface area contributed by atoms with Gasteiger partial charge < -0.3 is 15.8 Å². The van der Waals surface area contributed by atoms with Gasteiger partial charge >= 0.3 is 0 Å². The van der Waals surface area contributed by atoms with Crippen LogP contribution in [0.1, 0.15) is 18.9 Å². The van der Waals surface area contributed by atoms with Crippen molar-refractivity contribution in [2.75, 3.05) is 17.7 Å². The molecular formula is C12H18N6O. The summed E-state index contributed by atoms with van der Waals surface area (Å²) in [4.78, 5) is 8.14. The van der Waals surface area contributed by atoms with Crippen molar-refractivity contribution < 1.29 is 4.74 Å². The molecule has 2 heterocycles. The third-order valence-electron chi connectivity index (χ3n) is 2.51. The normalized spacial score (nSPS) is 10.4. The Bertz CT molecular complexity index is 539. The molecule has 0 aliphatic heterocycles. The Morgan fingerprint density at radius 2 is 2.26 bits per heavy atom. The summed E-state index contributed by atoms with van der Waals surface area (Å²) in [6, 6.07) is 0. The second-order valence-electron chi connectivity index (χ2n) is 4.17. The zero-order valence-corrected chi connectivity index (χ0v) is 11.1. The minimum atomic E-state index is 0.422. The van der Waals surface area contributed by atoms with E-state index in [1.165, 1.54) is 6.33 Å². The van der Waals surface area contributed by atoms with E-state index in [0.717, 1.165) is 12.0 Å². The molecule has 102 valence electrons. The topological polar surface area (TPSA) is 90.9 Å². The van der Waals surface area contributed by atoms with Gasteiger partial charge in [-0.15, -0.1) is 0 Å².